The summed E-state index contributed by atoms with van der Waals surface area (Å²) in [7, 11) is 0. The molecule has 1 saturated carbocycles. The zero-order valence-corrected chi connectivity index (χ0v) is 15.6. The van der Waals surface area contributed by atoms with E-state index in [1.807, 2.05) is 12.1 Å². The highest BCUT2D eigenvalue weighted by molar-refractivity contribution is 5.98. The summed E-state index contributed by atoms with van der Waals surface area (Å²) in [6.45, 7) is 5.98. The largest absolute Gasteiger partial charge is 0.454 e. The van der Waals surface area contributed by atoms with Gasteiger partial charge in [-0.3, -0.25) is 4.79 Å². The van der Waals surface area contributed by atoms with Gasteiger partial charge in [0.15, 0.2) is 12.4 Å². The quantitative estimate of drug-likeness (QED) is 0.421. The molecule has 26 heavy (non-hydrogen) atoms. The number of carbonyl (C=O) groups is 2. The zero-order valence-electron chi connectivity index (χ0n) is 15.6. The molecule has 0 aliphatic heterocycles. The highest BCUT2D eigenvalue weighted by Gasteiger charge is 2.26. The van der Waals surface area contributed by atoms with Crippen molar-refractivity contribution >= 4 is 17.8 Å². The lowest BCUT2D eigenvalue weighted by Crippen LogP contribution is -2.12. The molecule has 0 atom stereocenters. The number of nitrogens with zero attached hydrogens (tertiary/aromatic N) is 1. The molecule has 0 radical (unpaired) electrons. The SMILES string of the molecule is CCc1ccc(C(=O)COC(=O)/C=C/c2cc(C)n(C3CC3)c2C)cc1. The molecule has 136 valence electrons. The first-order valence-corrected chi connectivity index (χ1v) is 9.15. The summed E-state index contributed by atoms with van der Waals surface area (Å²) in [6, 6.07) is 10.1. The fraction of sp³-hybridized carbons (Fsp3) is 0.364. The number of benzene rings is 1. The standard InChI is InChI=1S/C22H25NO3/c1-4-17-5-7-18(8-6-17)21(24)14-26-22(25)12-9-19-13-15(2)23(16(19)3)20-10-11-20/h5-9,12-13,20H,4,10-11,14H2,1-3H3/b12-9+. The predicted molar refractivity (Wildman–Crippen MR) is 102 cm³/mol. The number of aryl methyl sites for hydroxylation is 2. The predicted octanol–water partition coefficient (Wildman–Crippen LogP) is 4.44. The Morgan fingerprint density at radius 2 is 1.88 bits per heavy atom. The smallest absolute Gasteiger partial charge is 0.331 e. The molecule has 0 amide bonds. The van der Waals surface area contributed by atoms with Crippen molar-refractivity contribution in [2.45, 2.75) is 46.1 Å². The number of hydrogen-bond donors (Lipinski definition) is 0. The van der Waals surface area contributed by atoms with E-state index in [0.717, 1.165) is 12.0 Å². The first-order chi connectivity index (χ1) is 12.5. The Bertz CT molecular complexity index is 839. The summed E-state index contributed by atoms with van der Waals surface area (Å²) in [6.07, 6.45) is 6.54. The minimum atomic E-state index is -0.500. The van der Waals surface area contributed by atoms with Gasteiger partial charge in [-0.15, -0.1) is 0 Å². The third kappa shape index (κ3) is 4.13. The van der Waals surface area contributed by atoms with Gasteiger partial charge < -0.3 is 9.30 Å². The molecule has 1 fully saturated rings. The fourth-order valence-corrected chi connectivity index (χ4v) is 3.22. The van der Waals surface area contributed by atoms with Gasteiger partial charge in [-0.2, -0.15) is 0 Å². The van der Waals surface area contributed by atoms with Crippen LogP contribution in [0.3, 0.4) is 0 Å². The first kappa shape index (κ1) is 18.2. The lowest BCUT2D eigenvalue weighted by molar-refractivity contribution is -0.136. The zero-order chi connectivity index (χ0) is 18.7. The Kier molecular flexibility index (Phi) is 5.40. The Hall–Kier alpha value is -2.62. The van der Waals surface area contributed by atoms with Crippen LogP contribution in [0, 0.1) is 13.8 Å². The molecule has 1 aliphatic rings. The number of rotatable bonds is 7. The van der Waals surface area contributed by atoms with Crippen molar-refractivity contribution in [2.75, 3.05) is 6.61 Å². The molecular weight excluding hydrogens is 326 g/mol. The van der Waals surface area contributed by atoms with Gasteiger partial charge in [0.25, 0.3) is 0 Å². The van der Waals surface area contributed by atoms with Gasteiger partial charge in [0.05, 0.1) is 0 Å². The minimum absolute atomic E-state index is 0.193. The second kappa shape index (κ2) is 7.73. The second-order valence-electron chi connectivity index (χ2n) is 6.84. The number of esters is 1. The van der Waals surface area contributed by atoms with Gasteiger partial charge in [-0.1, -0.05) is 31.2 Å². The fourth-order valence-electron chi connectivity index (χ4n) is 3.22. The number of carbonyl (C=O) groups excluding carboxylic acids is 2. The van der Waals surface area contributed by atoms with Crippen molar-refractivity contribution in [3.05, 3.63) is 64.5 Å². The Labute approximate surface area is 154 Å². The van der Waals surface area contributed by atoms with E-state index >= 15 is 0 Å². The molecule has 1 aliphatic carbocycles. The molecule has 0 bridgehead atoms. The summed E-state index contributed by atoms with van der Waals surface area (Å²) < 4.78 is 7.42. The Morgan fingerprint density at radius 1 is 1.19 bits per heavy atom. The summed E-state index contributed by atoms with van der Waals surface area (Å²) in [5.74, 6) is -0.693. The maximum absolute atomic E-state index is 12.1. The summed E-state index contributed by atoms with van der Waals surface area (Å²) >= 11 is 0. The highest BCUT2D eigenvalue weighted by atomic mass is 16.5. The number of aromatic nitrogens is 1. The van der Waals surface area contributed by atoms with Crippen LogP contribution in [0.2, 0.25) is 0 Å². The first-order valence-electron chi connectivity index (χ1n) is 9.15. The molecule has 0 saturated heterocycles. The number of ketones is 1. The lowest BCUT2D eigenvalue weighted by Gasteiger charge is -2.06. The lowest BCUT2D eigenvalue weighted by atomic mass is 10.1. The van der Waals surface area contributed by atoms with Crippen molar-refractivity contribution in [3.63, 3.8) is 0 Å². The van der Waals surface area contributed by atoms with Crippen molar-refractivity contribution in [2.24, 2.45) is 0 Å². The maximum atomic E-state index is 12.1. The summed E-state index contributed by atoms with van der Waals surface area (Å²) in [4.78, 5) is 24.0. The van der Waals surface area contributed by atoms with Gasteiger partial charge in [0.2, 0.25) is 0 Å². The second-order valence-corrected chi connectivity index (χ2v) is 6.84. The van der Waals surface area contributed by atoms with E-state index < -0.39 is 5.97 Å². The van der Waals surface area contributed by atoms with Crippen LogP contribution >= 0.6 is 0 Å². The monoisotopic (exact) mass is 351 g/mol. The Balaban J connectivity index is 1.56. The van der Waals surface area contributed by atoms with Crippen molar-refractivity contribution in [1.82, 2.24) is 4.57 Å². The van der Waals surface area contributed by atoms with E-state index in [-0.39, 0.29) is 12.4 Å². The van der Waals surface area contributed by atoms with E-state index in [0.29, 0.717) is 11.6 Å². The maximum Gasteiger partial charge on any atom is 0.331 e. The van der Waals surface area contributed by atoms with Crippen LogP contribution in [0.5, 0.6) is 0 Å². The minimum Gasteiger partial charge on any atom is -0.454 e. The van der Waals surface area contributed by atoms with E-state index in [1.54, 1.807) is 18.2 Å². The van der Waals surface area contributed by atoms with E-state index in [9.17, 15) is 9.59 Å². The Morgan fingerprint density at radius 3 is 2.50 bits per heavy atom. The van der Waals surface area contributed by atoms with Crippen molar-refractivity contribution in [1.29, 1.82) is 0 Å². The molecule has 0 N–H and O–H groups in total. The van der Waals surface area contributed by atoms with Crippen LogP contribution in [0.15, 0.2) is 36.4 Å². The van der Waals surface area contributed by atoms with E-state index in [4.69, 9.17) is 4.74 Å². The number of Topliss-reactive ketones (excluding diaryl/α,β-unsaturated/α-hetero) is 1. The van der Waals surface area contributed by atoms with Crippen LogP contribution in [0.25, 0.3) is 6.08 Å². The van der Waals surface area contributed by atoms with Crippen LogP contribution in [0.1, 0.15) is 58.7 Å². The van der Waals surface area contributed by atoms with Crippen LogP contribution in [-0.2, 0) is 16.0 Å². The van der Waals surface area contributed by atoms with Gasteiger partial charge in [0.1, 0.15) is 0 Å². The molecular formula is C22H25NO3. The third-order valence-corrected chi connectivity index (χ3v) is 4.86. The highest BCUT2D eigenvalue weighted by Crippen LogP contribution is 2.38. The molecule has 3 rings (SSSR count). The molecule has 2 aromatic rings. The summed E-state index contributed by atoms with van der Waals surface area (Å²) in [5, 5.41) is 0. The molecule has 0 unspecified atom stereocenters. The molecule has 1 aromatic heterocycles. The van der Waals surface area contributed by atoms with Gasteiger partial charge in [-0.05, 0) is 56.4 Å². The van der Waals surface area contributed by atoms with Gasteiger partial charge >= 0.3 is 5.97 Å². The van der Waals surface area contributed by atoms with Crippen molar-refractivity contribution < 1.29 is 14.3 Å². The number of ether oxygens (including phenoxy) is 1. The average molecular weight is 351 g/mol. The third-order valence-electron chi connectivity index (χ3n) is 4.86. The molecule has 0 spiro atoms. The average Bonchev–Trinajstić information content (AvgIpc) is 3.43. The molecule has 4 heteroatoms. The molecule has 1 heterocycles. The normalized spacial score (nSPS) is 14.0. The molecule has 4 nitrogen and oxygen atoms in total. The number of hydrogen-bond acceptors (Lipinski definition) is 3. The van der Waals surface area contributed by atoms with E-state index in [1.165, 1.54) is 35.9 Å². The van der Waals surface area contributed by atoms with Gasteiger partial charge in [-0.25, -0.2) is 4.79 Å². The van der Waals surface area contributed by atoms with Crippen LogP contribution in [-0.4, -0.2) is 22.9 Å². The van der Waals surface area contributed by atoms with Crippen LogP contribution < -0.4 is 0 Å². The molecule has 1 aromatic carbocycles. The van der Waals surface area contributed by atoms with E-state index in [2.05, 4.69) is 31.4 Å². The topological polar surface area (TPSA) is 48.3 Å². The van der Waals surface area contributed by atoms with Crippen LogP contribution in [0.4, 0.5) is 0 Å². The summed E-state index contributed by atoms with van der Waals surface area (Å²) in [5.41, 5.74) is 5.13. The van der Waals surface area contributed by atoms with Gasteiger partial charge in [0, 0.05) is 29.1 Å². The van der Waals surface area contributed by atoms with Crippen molar-refractivity contribution in [3.8, 4) is 0 Å².